The van der Waals surface area contributed by atoms with Crippen LogP contribution in [0, 0.1) is 10.1 Å². The lowest BCUT2D eigenvalue weighted by molar-refractivity contribution is -0.385. The first-order valence-electron chi connectivity index (χ1n) is 4.68. The van der Waals surface area contributed by atoms with Crippen molar-refractivity contribution in [3.63, 3.8) is 0 Å². The van der Waals surface area contributed by atoms with Crippen LogP contribution >= 0.6 is 27.5 Å². The minimum absolute atomic E-state index is 0.00477. The van der Waals surface area contributed by atoms with Crippen LogP contribution in [0.4, 0.5) is 10.5 Å². The fourth-order valence-electron chi connectivity index (χ4n) is 1.37. The number of hydrogen-bond acceptors (Lipinski definition) is 4. The highest BCUT2D eigenvalue weighted by atomic mass is 79.9. The zero-order chi connectivity index (χ0) is 13.0. The number of ether oxygens (including phenoxy) is 1. The first-order chi connectivity index (χ1) is 7.91. The van der Waals surface area contributed by atoms with Crippen LogP contribution in [0.2, 0.25) is 0 Å². The second-order valence-electron chi connectivity index (χ2n) is 3.41. The van der Waals surface area contributed by atoms with E-state index in [0.29, 0.717) is 10.0 Å². The summed E-state index contributed by atoms with van der Waals surface area (Å²) >= 11 is 8.20. The van der Waals surface area contributed by atoms with E-state index < -0.39 is 10.4 Å². The predicted molar refractivity (Wildman–Crippen MR) is 66.4 cm³/mol. The van der Waals surface area contributed by atoms with Gasteiger partial charge >= 0.3 is 5.43 Å². The molecule has 7 heteroatoms. The van der Waals surface area contributed by atoms with Crippen LogP contribution in [-0.4, -0.2) is 17.0 Å². The zero-order valence-electron chi connectivity index (χ0n) is 8.85. The molecule has 1 atom stereocenters. The van der Waals surface area contributed by atoms with Crippen LogP contribution in [0.3, 0.4) is 0 Å². The molecular formula is C10H9BrClNO4. The zero-order valence-corrected chi connectivity index (χ0v) is 11.2. The summed E-state index contributed by atoms with van der Waals surface area (Å²) in [4.78, 5) is 20.8. The number of nitro groups is 1. The topological polar surface area (TPSA) is 69.4 Å². The Hall–Kier alpha value is -1.14. The number of carbonyl (C=O) groups excluding carboxylic acids is 1. The second kappa shape index (κ2) is 5.97. The van der Waals surface area contributed by atoms with Crippen molar-refractivity contribution in [2.75, 3.05) is 6.61 Å². The summed E-state index contributed by atoms with van der Waals surface area (Å²) in [6, 6.07) is 4.73. The Kier molecular flexibility index (Phi) is 4.89. The molecule has 0 aliphatic heterocycles. The highest BCUT2D eigenvalue weighted by Crippen LogP contribution is 2.29. The Balaban J connectivity index is 2.96. The highest BCUT2D eigenvalue weighted by molar-refractivity contribution is 9.10. The molecule has 0 saturated carbocycles. The fraction of sp³-hybridized carbons (Fsp3) is 0.300. The van der Waals surface area contributed by atoms with Crippen molar-refractivity contribution in [2.45, 2.75) is 12.8 Å². The Morgan fingerprint density at radius 1 is 1.65 bits per heavy atom. The Bertz CT molecular complexity index is 452. The maximum absolute atomic E-state index is 10.9. The first-order valence-corrected chi connectivity index (χ1v) is 5.85. The third-order valence-corrected chi connectivity index (χ3v) is 2.77. The summed E-state index contributed by atoms with van der Waals surface area (Å²) in [5.41, 5.74) is -0.440. The van der Waals surface area contributed by atoms with Crippen LogP contribution in [-0.2, 0) is 4.74 Å². The van der Waals surface area contributed by atoms with E-state index in [1.807, 2.05) is 0 Å². The van der Waals surface area contributed by atoms with Crippen molar-refractivity contribution in [3.05, 3.63) is 38.3 Å². The predicted octanol–water partition coefficient (Wildman–Crippen LogP) is 3.84. The molecule has 1 rings (SSSR count). The van der Waals surface area contributed by atoms with E-state index >= 15 is 0 Å². The Morgan fingerprint density at radius 3 is 2.82 bits per heavy atom. The lowest BCUT2D eigenvalue weighted by Crippen LogP contribution is -2.08. The number of nitrogens with zero attached hydrogens (tertiary/aromatic N) is 1. The molecule has 0 bridgehead atoms. The summed E-state index contributed by atoms with van der Waals surface area (Å²) in [5, 5.41) is 10.9. The minimum atomic E-state index is -0.920. The Morgan fingerprint density at radius 2 is 2.29 bits per heavy atom. The van der Waals surface area contributed by atoms with Gasteiger partial charge in [-0.15, -0.1) is 0 Å². The second-order valence-corrected chi connectivity index (χ2v) is 4.63. The third-order valence-electron chi connectivity index (χ3n) is 2.17. The van der Waals surface area contributed by atoms with Gasteiger partial charge in [0.1, 0.15) is 0 Å². The normalized spacial score (nSPS) is 11.9. The lowest BCUT2D eigenvalue weighted by atomic mass is 10.0. The minimum Gasteiger partial charge on any atom is -0.453 e. The number of halogens is 2. The van der Waals surface area contributed by atoms with Gasteiger partial charge in [0.15, 0.2) is 0 Å². The molecule has 0 radical (unpaired) electrons. The van der Waals surface area contributed by atoms with E-state index in [9.17, 15) is 14.9 Å². The van der Waals surface area contributed by atoms with Crippen molar-refractivity contribution in [2.24, 2.45) is 0 Å². The standard InChI is InChI=1S/C10H9BrClNO4/c1-6(5-17-10(12)14)8-3-2-7(11)4-9(8)13(15)16/h2-4,6H,5H2,1H3. The summed E-state index contributed by atoms with van der Waals surface area (Å²) in [7, 11) is 0. The Labute approximate surface area is 111 Å². The molecule has 1 aromatic carbocycles. The van der Waals surface area contributed by atoms with Gasteiger partial charge in [-0.2, -0.15) is 0 Å². The average molecular weight is 323 g/mol. The van der Waals surface area contributed by atoms with Crippen LogP contribution < -0.4 is 0 Å². The van der Waals surface area contributed by atoms with Gasteiger partial charge in [-0.3, -0.25) is 10.1 Å². The van der Waals surface area contributed by atoms with Gasteiger partial charge in [-0.25, -0.2) is 4.79 Å². The molecule has 1 unspecified atom stereocenters. The van der Waals surface area contributed by atoms with Crippen molar-refractivity contribution in [3.8, 4) is 0 Å². The molecule has 0 amide bonds. The molecule has 0 aliphatic rings. The molecule has 1 aromatic rings. The van der Waals surface area contributed by atoms with Gasteiger partial charge in [0, 0.05) is 33.6 Å². The maximum atomic E-state index is 10.9. The molecular weight excluding hydrogens is 313 g/mol. The summed E-state index contributed by atoms with van der Waals surface area (Å²) in [5.74, 6) is -0.300. The van der Waals surface area contributed by atoms with Crippen LogP contribution in [0.5, 0.6) is 0 Å². The number of carbonyl (C=O) groups is 1. The molecule has 5 nitrogen and oxygen atoms in total. The van der Waals surface area contributed by atoms with Crippen molar-refractivity contribution in [1.82, 2.24) is 0 Å². The number of hydrogen-bond donors (Lipinski definition) is 0. The molecule has 0 fully saturated rings. The summed E-state index contributed by atoms with van der Waals surface area (Å²) in [6.07, 6.45) is 0. The van der Waals surface area contributed by atoms with Crippen LogP contribution in [0.15, 0.2) is 22.7 Å². The van der Waals surface area contributed by atoms with E-state index in [0.717, 1.165) is 0 Å². The van der Waals surface area contributed by atoms with Crippen molar-refractivity contribution >= 4 is 38.6 Å². The highest BCUT2D eigenvalue weighted by Gasteiger charge is 2.20. The van der Waals surface area contributed by atoms with E-state index in [4.69, 9.17) is 11.6 Å². The van der Waals surface area contributed by atoms with E-state index in [1.165, 1.54) is 6.07 Å². The van der Waals surface area contributed by atoms with Crippen LogP contribution in [0.25, 0.3) is 0 Å². The fourth-order valence-corrected chi connectivity index (χ4v) is 1.78. The number of benzene rings is 1. The van der Waals surface area contributed by atoms with Gasteiger partial charge in [0.2, 0.25) is 0 Å². The summed E-state index contributed by atoms with van der Waals surface area (Å²) in [6.45, 7) is 1.72. The molecule has 92 valence electrons. The lowest BCUT2D eigenvalue weighted by Gasteiger charge is -2.11. The van der Waals surface area contributed by atoms with E-state index in [-0.39, 0.29) is 18.2 Å². The van der Waals surface area contributed by atoms with Crippen LogP contribution in [0.1, 0.15) is 18.4 Å². The largest absolute Gasteiger partial charge is 0.453 e. The molecule has 0 saturated heterocycles. The van der Waals surface area contributed by atoms with Gasteiger partial charge in [0.05, 0.1) is 11.5 Å². The quantitative estimate of drug-likeness (QED) is 0.480. The maximum Gasteiger partial charge on any atom is 0.403 e. The molecule has 0 N–H and O–H groups in total. The number of nitro benzene ring substituents is 1. The monoisotopic (exact) mass is 321 g/mol. The van der Waals surface area contributed by atoms with E-state index in [1.54, 1.807) is 19.1 Å². The van der Waals surface area contributed by atoms with Crippen molar-refractivity contribution < 1.29 is 14.5 Å². The van der Waals surface area contributed by atoms with Gasteiger partial charge < -0.3 is 4.74 Å². The van der Waals surface area contributed by atoms with Gasteiger partial charge in [0.25, 0.3) is 5.69 Å². The van der Waals surface area contributed by atoms with Gasteiger partial charge in [-0.05, 0) is 6.07 Å². The third kappa shape index (κ3) is 3.98. The van der Waals surface area contributed by atoms with Gasteiger partial charge in [-0.1, -0.05) is 28.9 Å². The molecule has 17 heavy (non-hydrogen) atoms. The molecule has 0 spiro atoms. The SMILES string of the molecule is CC(COC(=O)Cl)c1ccc(Br)cc1[N+](=O)[O-]. The average Bonchev–Trinajstić information content (AvgIpc) is 2.25. The molecule has 0 aromatic heterocycles. The first kappa shape index (κ1) is 13.9. The molecule has 0 aliphatic carbocycles. The smallest absolute Gasteiger partial charge is 0.403 e. The van der Waals surface area contributed by atoms with Crippen molar-refractivity contribution in [1.29, 1.82) is 0 Å². The summed E-state index contributed by atoms with van der Waals surface area (Å²) < 4.78 is 5.24. The molecule has 0 heterocycles. The van der Waals surface area contributed by atoms with E-state index in [2.05, 4.69) is 20.7 Å². The number of rotatable bonds is 4.